The van der Waals surface area contributed by atoms with E-state index in [1.54, 1.807) is 0 Å². The first-order valence-electron chi connectivity index (χ1n) is 12.9. The molecule has 0 N–H and O–H groups in total. The molecule has 0 aliphatic carbocycles. The normalized spacial score (nSPS) is 26.1. The van der Waals surface area contributed by atoms with Crippen molar-refractivity contribution >= 4 is 34.0 Å². The van der Waals surface area contributed by atoms with Crippen LogP contribution in [0, 0.1) is 17.6 Å². The summed E-state index contributed by atoms with van der Waals surface area (Å²) >= 11 is 7.36. The molecule has 2 saturated heterocycles. The predicted molar refractivity (Wildman–Crippen MR) is 140 cm³/mol. The smallest absolute Gasteiger partial charge is 0.339 e. The molecule has 2 aliphatic rings. The molecular weight excluding hydrogens is 488 g/mol. The number of ether oxygens (including phenoxy) is 2. The van der Waals surface area contributed by atoms with Crippen molar-refractivity contribution in [3.8, 4) is 12.3 Å². The van der Waals surface area contributed by atoms with E-state index >= 15 is 0 Å². The minimum absolute atomic E-state index is 0.00788. The Labute approximate surface area is 218 Å². The molecule has 3 heterocycles. The largest absolute Gasteiger partial charge is 0.622 e. The minimum Gasteiger partial charge on any atom is -0.622 e. The summed E-state index contributed by atoms with van der Waals surface area (Å²) < 4.78 is 10.5. The van der Waals surface area contributed by atoms with Crippen molar-refractivity contribution in [1.29, 1.82) is 0 Å². The number of unbranched alkanes of at least 4 members (excludes halogenated alkanes) is 2. The van der Waals surface area contributed by atoms with Crippen LogP contribution in [0.4, 0.5) is 5.13 Å². The molecule has 0 saturated carbocycles. The zero-order valence-corrected chi connectivity index (χ0v) is 22.8. The van der Waals surface area contributed by atoms with Gasteiger partial charge in [-0.3, -0.25) is 4.65 Å². The number of rotatable bonds is 13. The monoisotopic (exact) mass is 526 g/mol. The summed E-state index contributed by atoms with van der Waals surface area (Å²) in [6.07, 6.45) is 12.9. The van der Waals surface area contributed by atoms with E-state index in [1.165, 1.54) is 11.3 Å². The number of quaternary nitrogens is 1. The Morgan fingerprint density at radius 1 is 1.40 bits per heavy atom. The first kappa shape index (κ1) is 28.3. The van der Waals surface area contributed by atoms with E-state index in [4.69, 9.17) is 27.5 Å². The number of alkyl halides is 1. The number of esters is 1. The first-order chi connectivity index (χ1) is 16.8. The van der Waals surface area contributed by atoms with Crippen LogP contribution in [0.15, 0.2) is 0 Å². The average Bonchev–Trinajstić information content (AvgIpc) is 3.60. The lowest BCUT2D eigenvalue weighted by molar-refractivity contribution is -0.164. The van der Waals surface area contributed by atoms with Crippen molar-refractivity contribution in [1.82, 2.24) is 19.7 Å². The number of hydrogen-bond donors (Lipinski definition) is 0. The molecule has 0 radical (unpaired) electrons. The quantitative estimate of drug-likeness (QED) is 0.118. The maximum absolute atomic E-state index is 14.4. The summed E-state index contributed by atoms with van der Waals surface area (Å²) in [7, 11) is 0. The summed E-state index contributed by atoms with van der Waals surface area (Å²) in [5, 5.41) is 24.0. The molecule has 10 heteroatoms. The Morgan fingerprint density at radius 3 is 2.69 bits per heavy atom. The fraction of sp³-hybridized carbons (Fsp3) is 0.800. The molecule has 8 nitrogen and oxygen atoms in total. The fourth-order valence-electron chi connectivity index (χ4n) is 4.75. The van der Waals surface area contributed by atoms with Gasteiger partial charge in [0.15, 0.2) is 6.10 Å². The molecule has 0 bridgehead atoms. The highest BCUT2D eigenvalue weighted by molar-refractivity contribution is 7.15. The number of nitrogens with zero attached hydrogens (tertiary/aromatic N) is 4. The fourth-order valence-corrected chi connectivity index (χ4v) is 5.78. The van der Waals surface area contributed by atoms with Crippen LogP contribution in [0.3, 0.4) is 0 Å². The van der Waals surface area contributed by atoms with Crippen LogP contribution < -0.4 is 4.65 Å². The second-order valence-corrected chi connectivity index (χ2v) is 11.5. The van der Waals surface area contributed by atoms with Gasteiger partial charge in [-0.05, 0) is 50.4 Å². The third-order valence-electron chi connectivity index (χ3n) is 6.97. The second kappa shape index (κ2) is 12.8. The Kier molecular flexibility index (Phi) is 10.3. The molecule has 35 heavy (non-hydrogen) atoms. The molecule has 1 aromatic heterocycles. The number of aromatic nitrogens is 2. The van der Waals surface area contributed by atoms with Crippen LogP contribution in [0.1, 0.15) is 83.6 Å². The number of carbonyl (C=O) groups excluding carboxylic acids is 1. The van der Waals surface area contributed by atoms with Gasteiger partial charge >= 0.3 is 11.1 Å². The number of hydroxylamine groups is 2. The summed E-state index contributed by atoms with van der Waals surface area (Å²) in [5.74, 6) is 2.56. The number of carbonyl (C=O) groups is 1. The van der Waals surface area contributed by atoms with Gasteiger partial charge < -0.3 is 14.7 Å². The molecule has 0 aromatic carbocycles. The van der Waals surface area contributed by atoms with E-state index in [2.05, 4.69) is 34.9 Å². The maximum atomic E-state index is 14.4. The van der Waals surface area contributed by atoms with Crippen molar-refractivity contribution < 1.29 is 14.3 Å². The Hall–Kier alpha value is -1.28. The lowest BCUT2D eigenvalue weighted by atomic mass is 9.86. The number of terminal acetylenes is 1. The van der Waals surface area contributed by atoms with E-state index in [9.17, 15) is 10.0 Å². The van der Waals surface area contributed by atoms with Gasteiger partial charge in [0, 0.05) is 18.4 Å². The molecule has 3 rings (SSSR count). The number of aryl methyl sites for hydroxylation is 1. The van der Waals surface area contributed by atoms with Crippen molar-refractivity contribution in [2.45, 2.75) is 108 Å². The van der Waals surface area contributed by atoms with Crippen molar-refractivity contribution in [3.05, 3.63) is 10.2 Å². The first-order valence-corrected chi connectivity index (χ1v) is 14.1. The standard InChI is InChI=1S/C25H39ClN4O4S/c1-5-8-14-25(7-3,15-9-6-2)29-17-22(34-23(31)20-11-10-16-33-20)30(32,18-29)24-28-27-21(35-24)13-12-19(4)26/h3,19-20,22H,5-6,8-18H2,1-2,4H3. The van der Waals surface area contributed by atoms with Crippen LogP contribution in [0.5, 0.6) is 0 Å². The van der Waals surface area contributed by atoms with E-state index in [1.807, 2.05) is 6.92 Å². The zero-order chi connectivity index (χ0) is 25.5. The van der Waals surface area contributed by atoms with Gasteiger partial charge in [0.2, 0.25) is 0 Å². The van der Waals surface area contributed by atoms with Gasteiger partial charge in [-0.2, -0.15) is 0 Å². The summed E-state index contributed by atoms with van der Waals surface area (Å²) in [6, 6.07) is 0. The van der Waals surface area contributed by atoms with Crippen LogP contribution in [-0.2, 0) is 20.7 Å². The van der Waals surface area contributed by atoms with Crippen LogP contribution >= 0.6 is 22.9 Å². The molecule has 1 aromatic rings. The average molecular weight is 527 g/mol. The third kappa shape index (κ3) is 6.73. The van der Waals surface area contributed by atoms with Crippen molar-refractivity contribution in [3.63, 3.8) is 0 Å². The molecule has 196 valence electrons. The van der Waals surface area contributed by atoms with Gasteiger partial charge in [0.05, 0.1) is 12.1 Å². The molecule has 4 atom stereocenters. The third-order valence-corrected chi connectivity index (χ3v) is 8.28. The van der Waals surface area contributed by atoms with Gasteiger partial charge in [0.25, 0.3) is 6.23 Å². The Bertz CT molecular complexity index is 862. The number of halogens is 1. The highest BCUT2D eigenvalue weighted by Crippen LogP contribution is 2.40. The van der Waals surface area contributed by atoms with Crippen LogP contribution in [0.25, 0.3) is 0 Å². The van der Waals surface area contributed by atoms with E-state index < -0.39 is 28.5 Å². The summed E-state index contributed by atoms with van der Waals surface area (Å²) in [6.45, 7) is 7.05. The van der Waals surface area contributed by atoms with Gasteiger partial charge in [-0.15, -0.1) is 23.1 Å². The summed E-state index contributed by atoms with van der Waals surface area (Å²) in [5.41, 5.74) is -0.563. The molecule has 0 spiro atoms. The number of hydrogen-bond acceptors (Lipinski definition) is 8. The van der Waals surface area contributed by atoms with Crippen LogP contribution in [-0.4, -0.2) is 64.1 Å². The molecule has 0 amide bonds. The predicted octanol–water partition coefficient (Wildman–Crippen LogP) is 4.98. The molecule has 4 unspecified atom stereocenters. The Morgan fingerprint density at radius 2 is 2.11 bits per heavy atom. The second-order valence-electron chi connectivity index (χ2n) is 9.73. The van der Waals surface area contributed by atoms with Gasteiger partial charge in [0.1, 0.15) is 11.7 Å². The maximum Gasteiger partial charge on any atom is 0.339 e. The van der Waals surface area contributed by atoms with E-state index in [0.29, 0.717) is 19.4 Å². The lowest BCUT2D eigenvalue weighted by Crippen LogP contribution is -2.53. The van der Waals surface area contributed by atoms with E-state index in [0.717, 1.165) is 56.4 Å². The topological polar surface area (TPSA) is 87.6 Å². The van der Waals surface area contributed by atoms with Crippen molar-refractivity contribution in [2.75, 3.05) is 19.8 Å². The van der Waals surface area contributed by atoms with E-state index in [-0.39, 0.29) is 23.7 Å². The summed E-state index contributed by atoms with van der Waals surface area (Å²) in [4.78, 5) is 14.9. The Balaban J connectivity index is 1.90. The molecule has 2 aliphatic heterocycles. The van der Waals surface area contributed by atoms with Crippen molar-refractivity contribution in [2.24, 2.45) is 0 Å². The molecule has 2 fully saturated rings. The van der Waals surface area contributed by atoms with Crippen LogP contribution in [0.2, 0.25) is 0 Å². The molecular formula is C25H39ClN4O4S. The SMILES string of the molecule is C#CC(CCCC)(CCCC)N1CC(OC(=O)C2CCCO2)[N+]([O-])(c2nnc(CCC(C)Cl)s2)C1. The lowest BCUT2D eigenvalue weighted by Gasteiger charge is -2.40. The minimum atomic E-state index is -0.976. The highest BCUT2D eigenvalue weighted by atomic mass is 35.5. The van der Waals surface area contributed by atoms with Gasteiger partial charge in [-0.25, -0.2) is 9.69 Å². The van der Waals surface area contributed by atoms with Gasteiger partial charge in [-0.1, -0.05) is 50.5 Å². The zero-order valence-electron chi connectivity index (χ0n) is 21.2. The highest BCUT2D eigenvalue weighted by Gasteiger charge is 2.52.